The highest BCUT2D eigenvalue weighted by Crippen LogP contribution is 2.26. The zero-order valence-electron chi connectivity index (χ0n) is 9.89. The largest absolute Gasteiger partial charge is 0.236 e. The summed E-state index contributed by atoms with van der Waals surface area (Å²) in [5.74, 6) is 0.749. The molecule has 3 rings (SSSR count). The third-order valence-electron chi connectivity index (χ3n) is 2.85. The minimum Gasteiger partial charge on any atom is -0.236 e. The van der Waals surface area contributed by atoms with Gasteiger partial charge < -0.3 is 0 Å². The topological polar surface area (TPSA) is 25.8 Å². The van der Waals surface area contributed by atoms with Crippen LogP contribution in [0.5, 0.6) is 0 Å². The van der Waals surface area contributed by atoms with E-state index >= 15 is 0 Å². The third-order valence-corrected chi connectivity index (χ3v) is 3.54. The molecule has 0 aliphatic carbocycles. The molecule has 0 radical (unpaired) electrons. The predicted octanol–water partition coefficient (Wildman–Crippen LogP) is 4.37. The number of fused-ring (bicyclic) bond motifs is 1. The maximum atomic E-state index is 4.61. The van der Waals surface area contributed by atoms with Crippen LogP contribution in [0.3, 0.4) is 0 Å². The fourth-order valence-corrected chi connectivity index (χ4v) is 2.39. The molecule has 0 aliphatic heterocycles. The molecule has 2 aromatic carbocycles. The Bertz CT molecular complexity index is 723. The molecule has 0 saturated heterocycles. The molecule has 0 amide bonds. The number of aromatic nitrogens is 2. The van der Waals surface area contributed by atoms with Crippen LogP contribution in [-0.4, -0.2) is 9.97 Å². The standard InChI is InChI=1S/C15H11BrN2/c1-10-6-7-14-11(8-10)9-17-15(18-14)12-4-2-3-5-13(12)16/h2-9H,1H3. The second-order valence-electron chi connectivity index (χ2n) is 4.24. The van der Waals surface area contributed by atoms with Crippen molar-refractivity contribution >= 4 is 26.8 Å². The van der Waals surface area contributed by atoms with Gasteiger partial charge in [-0.1, -0.05) is 45.8 Å². The molecule has 1 aromatic heterocycles. The van der Waals surface area contributed by atoms with Crippen molar-refractivity contribution in [3.05, 3.63) is 58.7 Å². The fraction of sp³-hybridized carbons (Fsp3) is 0.0667. The van der Waals surface area contributed by atoms with Crippen molar-refractivity contribution in [2.45, 2.75) is 6.92 Å². The van der Waals surface area contributed by atoms with Crippen molar-refractivity contribution in [1.29, 1.82) is 0 Å². The normalized spacial score (nSPS) is 10.8. The summed E-state index contributed by atoms with van der Waals surface area (Å²) in [4.78, 5) is 9.04. The minimum absolute atomic E-state index is 0.749. The van der Waals surface area contributed by atoms with E-state index in [2.05, 4.69) is 45.0 Å². The number of halogens is 1. The predicted molar refractivity (Wildman–Crippen MR) is 77.4 cm³/mol. The average molecular weight is 299 g/mol. The second-order valence-corrected chi connectivity index (χ2v) is 5.09. The Balaban J connectivity index is 2.20. The summed E-state index contributed by atoms with van der Waals surface area (Å²) < 4.78 is 1.01. The van der Waals surface area contributed by atoms with Gasteiger partial charge in [-0.25, -0.2) is 9.97 Å². The van der Waals surface area contributed by atoms with Gasteiger partial charge in [0.25, 0.3) is 0 Å². The molecule has 0 fully saturated rings. The van der Waals surface area contributed by atoms with Crippen molar-refractivity contribution in [2.24, 2.45) is 0 Å². The number of hydrogen-bond acceptors (Lipinski definition) is 2. The van der Waals surface area contributed by atoms with Gasteiger partial charge in [0.2, 0.25) is 0 Å². The van der Waals surface area contributed by atoms with Crippen molar-refractivity contribution in [3.8, 4) is 11.4 Å². The van der Waals surface area contributed by atoms with Gasteiger partial charge >= 0.3 is 0 Å². The number of benzene rings is 2. The van der Waals surface area contributed by atoms with Crippen molar-refractivity contribution in [1.82, 2.24) is 9.97 Å². The minimum atomic E-state index is 0.749. The first-order valence-electron chi connectivity index (χ1n) is 5.72. The Labute approximate surface area is 114 Å². The van der Waals surface area contributed by atoms with Gasteiger partial charge in [-0.05, 0) is 25.1 Å². The maximum absolute atomic E-state index is 4.61. The van der Waals surface area contributed by atoms with Crippen LogP contribution in [0.2, 0.25) is 0 Å². The molecule has 88 valence electrons. The van der Waals surface area contributed by atoms with Gasteiger partial charge in [0.05, 0.1) is 5.52 Å². The van der Waals surface area contributed by atoms with E-state index in [1.807, 2.05) is 36.5 Å². The molecule has 2 nitrogen and oxygen atoms in total. The van der Waals surface area contributed by atoms with Crippen LogP contribution < -0.4 is 0 Å². The van der Waals surface area contributed by atoms with Gasteiger partial charge in [0, 0.05) is 21.6 Å². The lowest BCUT2D eigenvalue weighted by molar-refractivity contribution is 1.22. The summed E-state index contributed by atoms with van der Waals surface area (Å²) in [6.45, 7) is 2.07. The molecular formula is C15H11BrN2. The highest BCUT2D eigenvalue weighted by molar-refractivity contribution is 9.10. The molecular weight excluding hydrogens is 288 g/mol. The van der Waals surface area contributed by atoms with Crippen LogP contribution in [0.25, 0.3) is 22.3 Å². The van der Waals surface area contributed by atoms with E-state index in [4.69, 9.17) is 0 Å². The quantitative estimate of drug-likeness (QED) is 0.667. The molecule has 0 saturated carbocycles. The van der Waals surface area contributed by atoms with Gasteiger partial charge in [-0.3, -0.25) is 0 Å². The molecule has 0 N–H and O–H groups in total. The maximum Gasteiger partial charge on any atom is 0.160 e. The van der Waals surface area contributed by atoms with Crippen molar-refractivity contribution < 1.29 is 0 Å². The summed E-state index contributed by atoms with van der Waals surface area (Å²) >= 11 is 3.53. The molecule has 0 unspecified atom stereocenters. The van der Waals surface area contributed by atoms with E-state index in [0.29, 0.717) is 0 Å². The van der Waals surface area contributed by atoms with E-state index in [0.717, 1.165) is 26.8 Å². The molecule has 18 heavy (non-hydrogen) atoms. The monoisotopic (exact) mass is 298 g/mol. The van der Waals surface area contributed by atoms with Crippen LogP contribution in [0.15, 0.2) is 53.1 Å². The van der Waals surface area contributed by atoms with Gasteiger partial charge in [-0.2, -0.15) is 0 Å². The lowest BCUT2D eigenvalue weighted by Crippen LogP contribution is -1.91. The average Bonchev–Trinajstić information content (AvgIpc) is 2.39. The van der Waals surface area contributed by atoms with Crippen LogP contribution in [0.1, 0.15) is 5.56 Å². The Hall–Kier alpha value is -1.74. The first kappa shape index (κ1) is 11.4. The Morgan fingerprint density at radius 1 is 1.06 bits per heavy atom. The van der Waals surface area contributed by atoms with Crippen LogP contribution in [0.4, 0.5) is 0 Å². The highest BCUT2D eigenvalue weighted by Gasteiger charge is 2.06. The number of aryl methyl sites for hydroxylation is 1. The summed E-state index contributed by atoms with van der Waals surface area (Å²) in [7, 11) is 0. The number of rotatable bonds is 1. The van der Waals surface area contributed by atoms with Gasteiger partial charge in [0.1, 0.15) is 0 Å². The SMILES string of the molecule is Cc1ccc2nc(-c3ccccc3Br)ncc2c1. The molecule has 0 bridgehead atoms. The van der Waals surface area contributed by atoms with E-state index in [1.54, 1.807) is 0 Å². The lowest BCUT2D eigenvalue weighted by Gasteiger charge is -2.04. The smallest absolute Gasteiger partial charge is 0.160 e. The van der Waals surface area contributed by atoms with E-state index in [9.17, 15) is 0 Å². The Kier molecular flexibility index (Phi) is 2.84. The third kappa shape index (κ3) is 2.02. The molecule has 0 spiro atoms. The van der Waals surface area contributed by atoms with Crippen molar-refractivity contribution in [2.75, 3.05) is 0 Å². The molecule has 0 aliphatic rings. The summed E-state index contributed by atoms with van der Waals surface area (Å²) in [6.07, 6.45) is 1.88. The Morgan fingerprint density at radius 3 is 2.72 bits per heavy atom. The first-order chi connectivity index (χ1) is 8.74. The zero-order valence-corrected chi connectivity index (χ0v) is 11.5. The summed E-state index contributed by atoms with van der Waals surface area (Å²) in [6, 6.07) is 14.2. The van der Waals surface area contributed by atoms with Crippen LogP contribution >= 0.6 is 15.9 Å². The fourth-order valence-electron chi connectivity index (χ4n) is 1.93. The molecule has 3 heteroatoms. The first-order valence-corrected chi connectivity index (χ1v) is 6.52. The van der Waals surface area contributed by atoms with E-state index < -0.39 is 0 Å². The van der Waals surface area contributed by atoms with E-state index in [1.165, 1.54) is 5.56 Å². The molecule has 1 heterocycles. The number of nitrogens with zero attached hydrogens (tertiary/aromatic N) is 2. The van der Waals surface area contributed by atoms with Gasteiger partial charge in [-0.15, -0.1) is 0 Å². The summed E-state index contributed by atoms with van der Waals surface area (Å²) in [5.41, 5.74) is 3.21. The molecule has 0 atom stereocenters. The van der Waals surface area contributed by atoms with Gasteiger partial charge in [0.15, 0.2) is 5.82 Å². The highest BCUT2D eigenvalue weighted by atomic mass is 79.9. The van der Waals surface area contributed by atoms with E-state index in [-0.39, 0.29) is 0 Å². The van der Waals surface area contributed by atoms with Crippen LogP contribution in [0, 0.1) is 6.92 Å². The Morgan fingerprint density at radius 2 is 1.89 bits per heavy atom. The number of hydrogen-bond donors (Lipinski definition) is 0. The van der Waals surface area contributed by atoms with Crippen LogP contribution in [-0.2, 0) is 0 Å². The lowest BCUT2D eigenvalue weighted by atomic mass is 10.1. The summed E-state index contributed by atoms with van der Waals surface area (Å²) in [5, 5.41) is 1.07. The zero-order chi connectivity index (χ0) is 12.5. The molecule has 3 aromatic rings. The second kappa shape index (κ2) is 4.50. The van der Waals surface area contributed by atoms with Crippen molar-refractivity contribution in [3.63, 3.8) is 0 Å².